The third kappa shape index (κ3) is 2.94. The van der Waals surface area contributed by atoms with Crippen molar-refractivity contribution in [3.05, 3.63) is 66.2 Å². The van der Waals surface area contributed by atoms with Crippen LogP contribution in [-0.4, -0.2) is 5.91 Å². The Morgan fingerprint density at radius 1 is 1.00 bits per heavy atom. The highest BCUT2D eigenvalue weighted by Gasteiger charge is 2.20. The van der Waals surface area contributed by atoms with Crippen LogP contribution in [0.2, 0.25) is 0 Å². The summed E-state index contributed by atoms with van der Waals surface area (Å²) in [5.41, 5.74) is 1.42. The number of nitrogens with one attached hydrogen (secondary N) is 1. The molecule has 0 heterocycles. The minimum absolute atomic E-state index is 0.296. The molecule has 0 fully saturated rings. The van der Waals surface area contributed by atoms with Crippen LogP contribution in [0.25, 0.3) is 0 Å². The van der Waals surface area contributed by atoms with Crippen LogP contribution in [0.15, 0.2) is 60.7 Å². The van der Waals surface area contributed by atoms with Gasteiger partial charge in [-0.25, -0.2) is 5.90 Å². The molecule has 3 N–H and O–H groups in total. The maximum atomic E-state index is 12.0. The number of hydrogen-bond acceptors (Lipinski definition) is 3. The van der Waals surface area contributed by atoms with E-state index in [0.29, 0.717) is 11.3 Å². The van der Waals surface area contributed by atoms with Crippen molar-refractivity contribution in [2.75, 3.05) is 5.32 Å². The first-order chi connectivity index (χ1) is 8.81. The van der Waals surface area contributed by atoms with Crippen LogP contribution in [-0.2, 0) is 9.63 Å². The smallest absolute Gasteiger partial charge is 0.260 e. The van der Waals surface area contributed by atoms with Crippen molar-refractivity contribution in [1.82, 2.24) is 0 Å². The van der Waals surface area contributed by atoms with Crippen molar-refractivity contribution in [2.24, 2.45) is 5.90 Å². The first-order valence-electron chi connectivity index (χ1n) is 5.57. The standard InChI is InChI=1S/C14H14N2O2/c15-18-13(11-7-3-1-4-8-11)14(17)16-12-9-5-2-6-10-12/h1-10,13H,15H2,(H,16,17). The second-order valence-corrected chi connectivity index (χ2v) is 3.78. The highest BCUT2D eigenvalue weighted by atomic mass is 16.6. The van der Waals surface area contributed by atoms with Crippen LogP contribution >= 0.6 is 0 Å². The molecule has 1 amide bonds. The van der Waals surface area contributed by atoms with E-state index in [9.17, 15) is 4.79 Å². The van der Waals surface area contributed by atoms with Crippen LogP contribution in [0.1, 0.15) is 11.7 Å². The van der Waals surface area contributed by atoms with Gasteiger partial charge in [0, 0.05) is 5.69 Å². The van der Waals surface area contributed by atoms with Gasteiger partial charge in [0.1, 0.15) is 0 Å². The van der Waals surface area contributed by atoms with Crippen LogP contribution in [0, 0.1) is 0 Å². The van der Waals surface area contributed by atoms with E-state index in [2.05, 4.69) is 5.32 Å². The van der Waals surface area contributed by atoms with E-state index >= 15 is 0 Å². The van der Waals surface area contributed by atoms with E-state index in [1.54, 1.807) is 24.3 Å². The lowest BCUT2D eigenvalue weighted by Crippen LogP contribution is -2.25. The highest BCUT2D eigenvalue weighted by Crippen LogP contribution is 2.17. The second-order valence-electron chi connectivity index (χ2n) is 3.78. The Balaban J connectivity index is 2.12. The zero-order valence-electron chi connectivity index (χ0n) is 9.74. The first kappa shape index (κ1) is 12.3. The van der Waals surface area contributed by atoms with Gasteiger partial charge in [0.15, 0.2) is 6.10 Å². The van der Waals surface area contributed by atoms with E-state index in [-0.39, 0.29) is 5.91 Å². The summed E-state index contributed by atoms with van der Waals surface area (Å²) in [5.74, 6) is 4.90. The van der Waals surface area contributed by atoms with E-state index in [1.807, 2.05) is 36.4 Å². The van der Waals surface area contributed by atoms with Crippen LogP contribution in [0.5, 0.6) is 0 Å². The number of nitrogens with two attached hydrogens (primary N) is 1. The van der Waals surface area contributed by atoms with Gasteiger partial charge in [0.25, 0.3) is 5.91 Å². The van der Waals surface area contributed by atoms with Crippen molar-refractivity contribution in [3.8, 4) is 0 Å². The van der Waals surface area contributed by atoms with Crippen LogP contribution < -0.4 is 11.2 Å². The predicted octanol–water partition coefficient (Wildman–Crippen LogP) is 2.26. The summed E-state index contributed by atoms with van der Waals surface area (Å²) in [6.45, 7) is 0. The molecule has 0 aromatic heterocycles. The number of anilines is 1. The first-order valence-corrected chi connectivity index (χ1v) is 5.57. The maximum absolute atomic E-state index is 12.0. The summed E-state index contributed by atoms with van der Waals surface area (Å²) in [5, 5.41) is 2.75. The average Bonchev–Trinajstić information content (AvgIpc) is 2.42. The number of carbonyl (C=O) groups excluding carboxylic acids is 1. The molecule has 2 aromatic carbocycles. The Kier molecular flexibility index (Phi) is 4.06. The second kappa shape index (κ2) is 5.95. The molecule has 4 heteroatoms. The van der Waals surface area contributed by atoms with Gasteiger partial charge < -0.3 is 5.32 Å². The van der Waals surface area contributed by atoms with Gasteiger partial charge in [-0.1, -0.05) is 48.5 Å². The van der Waals surface area contributed by atoms with E-state index in [4.69, 9.17) is 10.7 Å². The van der Waals surface area contributed by atoms with Gasteiger partial charge in [-0.05, 0) is 17.7 Å². The molecule has 2 aromatic rings. The van der Waals surface area contributed by atoms with E-state index in [1.165, 1.54) is 0 Å². The number of amides is 1. The lowest BCUT2D eigenvalue weighted by Gasteiger charge is -2.14. The minimum atomic E-state index is -0.814. The molecule has 0 spiro atoms. The zero-order valence-corrected chi connectivity index (χ0v) is 9.74. The fraction of sp³-hybridized carbons (Fsp3) is 0.0714. The molecule has 1 unspecified atom stereocenters. The Labute approximate surface area is 105 Å². The van der Waals surface area contributed by atoms with Crippen molar-refractivity contribution < 1.29 is 9.63 Å². The molecule has 0 aliphatic carbocycles. The summed E-state index contributed by atoms with van der Waals surface area (Å²) in [6, 6.07) is 18.3. The molecule has 1 atom stereocenters. The average molecular weight is 242 g/mol. The van der Waals surface area contributed by atoms with Gasteiger partial charge >= 0.3 is 0 Å². The molecule has 0 saturated carbocycles. The largest absolute Gasteiger partial charge is 0.323 e. The number of benzene rings is 2. The molecular formula is C14H14N2O2. The van der Waals surface area contributed by atoms with E-state index < -0.39 is 6.10 Å². The highest BCUT2D eigenvalue weighted by molar-refractivity contribution is 5.94. The van der Waals surface area contributed by atoms with Gasteiger partial charge in [-0.2, -0.15) is 0 Å². The molecule has 92 valence electrons. The third-order valence-corrected chi connectivity index (χ3v) is 2.52. The normalized spacial score (nSPS) is 11.8. The SMILES string of the molecule is NOC(C(=O)Nc1ccccc1)c1ccccc1. The van der Waals surface area contributed by atoms with Crippen LogP contribution in [0.3, 0.4) is 0 Å². The summed E-state index contributed by atoms with van der Waals surface area (Å²) < 4.78 is 0. The zero-order chi connectivity index (χ0) is 12.8. The molecule has 18 heavy (non-hydrogen) atoms. The molecule has 0 bridgehead atoms. The molecular weight excluding hydrogens is 228 g/mol. The molecule has 0 aliphatic rings. The minimum Gasteiger partial charge on any atom is -0.323 e. The Morgan fingerprint density at radius 3 is 2.11 bits per heavy atom. The number of rotatable bonds is 4. The van der Waals surface area contributed by atoms with Gasteiger partial charge in [0.05, 0.1) is 0 Å². The molecule has 0 aliphatic heterocycles. The number of hydrogen-bond donors (Lipinski definition) is 2. The summed E-state index contributed by atoms with van der Waals surface area (Å²) in [4.78, 5) is 16.8. The van der Waals surface area contributed by atoms with Crippen molar-refractivity contribution in [1.29, 1.82) is 0 Å². The molecule has 0 radical (unpaired) electrons. The summed E-state index contributed by atoms with van der Waals surface area (Å²) in [7, 11) is 0. The Bertz CT molecular complexity index is 500. The Morgan fingerprint density at radius 2 is 1.56 bits per heavy atom. The fourth-order valence-corrected chi connectivity index (χ4v) is 1.65. The van der Waals surface area contributed by atoms with Gasteiger partial charge in [-0.15, -0.1) is 0 Å². The molecule has 2 rings (SSSR count). The van der Waals surface area contributed by atoms with Crippen molar-refractivity contribution in [2.45, 2.75) is 6.10 Å². The lowest BCUT2D eigenvalue weighted by molar-refractivity contribution is -0.128. The molecule has 0 saturated heterocycles. The quantitative estimate of drug-likeness (QED) is 0.808. The third-order valence-electron chi connectivity index (χ3n) is 2.52. The topological polar surface area (TPSA) is 64.3 Å². The molecule has 4 nitrogen and oxygen atoms in total. The lowest BCUT2D eigenvalue weighted by atomic mass is 10.1. The number of carbonyl (C=O) groups is 1. The maximum Gasteiger partial charge on any atom is 0.260 e. The van der Waals surface area contributed by atoms with Crippen molar-refractivity contribution >= 4 is 11.6 Å². The fourth-order valence-electron chi connectivity index (χ4n) is 1.65. The van der Waals surface area contributed by atoms with E-state index in [0.717, 1.165) is 0 Å². The van der Waals surface area contributed by atoms with Crippen LogP contribution in [0.4, 0.5) is 5.69 Å². The summed E-state index contributed by atoms with van der Waals surface area (Å²) in [6.07, 6.45) is -0.814. The predicted molar refractivity (Wildman–Crippen MR) is 69.5 cm³/mol. The number of para-hydroxylation sites is 1. The monoisotopic (exact) mass is 242 g/mol. The summed E-state index contributed by atoms with van der Waals surface area (Å²) >= 11 is 0. The van der Waals surface area contributed by atoms with Crippen molar-refractivity contribution in [3.63, 3.8) is 0 Å². The van der Waals surface area contributed by atoms with Gasteiger partial charge in [0.2, 0.25) is 0 Å². The van der Waals surface area contributed by atoms with Gasteiger partial charge in [-0.3, -0.25) is 9.63 Å². The Hall–Kier alpha value is -2.17.